The minimum absolute atomic E-state index is 0.0109. The molecule has 0 aliphatic carbocycles. The van der Waals surface area contributed by atoms with Gasteiger partial charge in [0.2, 0.25) is 5.91 Å². The van der Waals surface area contributed by atoms with Gasteiger partial charge in [0.05, 0.1) is 0 Å². The summed E-state index contributed by atoms with van der Waals surface area (Å²) in [6.45, 7) is 2.13. The van der Waals surface area contributed by atoms with Gasteiger partial charge in [-0.15, -0.1) is 0 Å². The van der Waals surface area contributed by atoms with E-state index in [4.69, 9.17) is 10.5 Å². The Hall–Kier alpha value is -1.85. The van der Waals surface area contributed by atoms with E-state index >= 15 is 0 Å². The molecule has 3 N–H and O–H groups in total. The fraction of sp³-hybridized carbons (Fsp3) is 0.400. The number of nitrogens with two attached hydrogens (primary N) is 1. The third-order valence-corrected chi connectivity index (χ3v) is 3.24. The Kier molecular flexibility index (Phi) is 5.15. The first-order valence-corrected chi connectivity index (χ1v) is 6.78. The topological polar surface area (TPSA) is 69.3 Å². The van der Waals surface area contributed by atoms with Gasteiger partial charge < -0.3 is 20.4 Å². The van der Waals surface area contributed by atoms with Crippen LogP contribution in [0.2, 0.25) is 0 Å². The second-order valence-corrected chi connectivity index (χ2v) is 4.74. The van der Waals surface area contributed by atoms with Crippen LogP contribution >= 0.6 is 0 Å². The molecule has 0 bridgehead atoms. The molecule has 5 nitrogen and oxygen atoms in total. The molecule has 0 spiro atoms. The Bertz CT molecular complexity index is 578. The second-order valence-electron chi connectivity index (χ2n) is 4.74. The van der Waals surface area contributed by atoms with E-state index < -0.39 is 0 Å². The molecule has 1 aromatic heterocycles. The maximum atomic E-state index is 11.9. The van der Waals surface area contributed by atoms with Crippen molar-refractivity contribution >= 4 is 16.8 Å². The molecule has 0 aliphatic heterocycles. The molecule has 20 heavy (non-hydrogen) atoms. The van der Waals surface area contributed by atoms with E-state index in [0.29, 0.717) is 26.2 Å². The highest BCUT2D eigenvalue weighted by atomic mass is 16.5. The van der Waals surface area contributed by atoms with Crippen LogP contribution in [0.3, 0.4) is 0 Å². The SMILES string of the molecule is COCCCNC(=O)Cn1ccc2ccc(CN)cc21. The van der Waals surface area contributed by atoms with Crippen LogP contribution in [0.1, 0.15) is 12.0 Å². The summed E-state index contributed by atoms with van der Waals surface area (Å²) in [4.78, 5) is 11.9. The largest absolute Gasteiger partial charge is 0.385 e. The number of fused-ring (bicyclic) bond motifs is 1. The van der Waals surface area contributed by atoms with E-state index in [0.717, 1.165) is 22.9 Å². The molecule has 0 atom stereocenters. The van der Waals surface area contributed by atoms with Gasteiger partial charge in [0.1, 0.15) is 6.54 Å². The molecule has 5 heteroatoms. The highest BCUT2D eigenvalue weighted by molar-refractivity contribution is 5.83. The van der Waals surface area contributed by atoms with Crippen molar-refractivity contribution in [1.82, 2.24) is 9.88 Å². The summed E-state index contributed by atoms with van der Waals surface area (Å²) in [6.07, 6.45) is 2.76. The van der Waals surface area contributed by atoms with Crippen LogP contribution in [0.5, 0.6) is 0 Å². The summed E-state index contributed by atoms with van der Waals surface area (Å²) in [7, 11) is 1.66. The zero-order chi connectivity index (χ0) is 14.4. The predicted molar refractivity (Wildman–Crippen MR) is 79.3 cm³/mol. The molecule has 2 rings (SSSR count). The van der Waals surface area contributed by atoms with E-state index in [1.165, 1.54) is 0 Å². The summed E-state index contributed by atoms with van der Waals surface area (Å²) in [5, 5.41) is 4.00. The van der Waals surface area contributed by atoms with Gasteiger partial charge in [0, 0.05) is 38.5 Å². The van der Waals surface area contributed by atoms with Crippen molar-refractivity contribution in [3.05, 3.63) is 36.0 Å². The monoisotopic (exact) mass is 275 g/mol. The second kappa shape index (κ2) is 7.07. The van der Waals surface area contributed by atoms with Crippen molar-refractivity contribution in [2.45, 2.75) is 19.5 Å². The summed E-state index contributed by atoms with van der Waals surface area (Å²) in [6, 6.07) is 8.09. The number of carbonyl (C=O) groups excluding carboxylic acids is 1. The van der Waals surface area contributed by atoms with Gasteiger partial charge in [-0.3, -0.25) is 4.79 Å². The maximum absolute atomic E-state index is 11.9. The van der Waals surface area contributed by atoms with Crippen molar-refractivity contribution in [1.29, 1.82) is 0 Å². The Morgan fingerprint density at radius 2 is 2.25 bits per heavy atom. The minimum Gasteiger partial charge on any atom is -0.385 e. The van der Waals surface area contributed by atoms with Crippen LogP contribution in [0, 0.1) is 0 Å². The normalized spacial score (nSPS) is 10.9. The number of nitrogens with one attached hydrogen (secondary N) is 1. The molecule has 1 aromatic carbocycles. The number of rotatable bonds is 7. The van der Waals surface area contributed by atoms with Gasteiger partial charge >= 0.3 is 0 Å². The zero-order valence-corrected chi connectivity index (χ0v) is 11.8. The van der Waals surface area contributed by atoms with Gasteiger partial charge in [-0.05, 0) is 29.5 Å². The Morgan fingerprint density at radius 1 is 1.40 bits per heavy atom. The zero-order valence-electron chi connectivity index (χ0n) is 11.8. The number of nitrogens with zero attached hydrogens (tertiary/aromatic N) is 1. The smallest absolute Gasteiger partial charge is 0.239 e. The minimum atomic E-state index is 0.0109. The third-order valence-electron chi connectivity index (χ3n) is 3.24. The standard InChI is InChI=1S/C15H21N3O2/c1-20-8-2-6-17-15(19)11-18-7-5-13-4-3-12(10-16)9-14(13)18/h3-5,7,9H,2,6,8,10-11,16H2,1H3,(H,17,19). The lowest BCUT2D eigenvalue weighted by molar-refractivity contribution is -0.121. The number of ether oxygens (including phenoxy) is 1. The number of benzene rings is 1. The number of hydrogen-bond donors (Lipinski definition) is 2. The van der Waals surface area contributed by atoms with Crippen molar-refractivity contribution in [2.24, 2.45) is 5.73 Å². The maximum Gasteiger partial charge on any atom is 0.239 e. The van der Waals surface area contributed by atoms with Crippen LogP contribution < -0.4 is 11.1 Å². The van der Waals surface area contributed by atoms with E-state index in [1.807, 2.05) is 35.0 Å². The molecule has 0 fully saturated rings. The number of methoxy groups -OCH3 is 1. The van der Waals surface area contributed by atoms with Gasteiger partial charge in [0.15, 0.2) is 0 Å². The predicted octanol–water partition coefficient (Wildman–Crippen LogP) is 1.25. The number of carbonyl (C=O) groups is 1. The van der Waals surface area contributed by atoms with Gasteiger partial charge in [-0.1, -0.05) is 12.1 Å². The number of hydrogen-bond acceptors (Lipinski definition) is 3. The molecule has 0 saturated carbocycles. The van der Waals surface area contributed by atoms with Gasteiger partial charge in [0.25, 0.3) is 0 Å². The first-order chi connectivity index (χ1) is 9.74. The van der Waals surface area contributed by atoms with E-state index in [-0.39, 0.29) is 5.91 Å². The average molecular weight is 275 g/mol. The van der Waals surface area contributed by atoms with Crippen LogP contribution in [-0.2, 0) is 22.6 Å². The van der Waals surface area contributed by atoms with Crippen LogP contribution in [-0.4, -0.2) is 30.7 Å². The van der Waals surface area contributed by atoms with E-state index in [9.17, 15) is 4.79 Å². The highest BCUT2D eigenvalue weighted by Gasteiger charge is 2.06. The third kappa shape index (κ3) is 3.59. The first kappa shape index (κ1) is 14.6. The lowest BCUT2D eigenvalue weighted by Crippen LogP contribution is -2.28. The fourth-order valence-electron chi connectivity index (χ4n) is 2.15. The summed E-state index contributed by atoms with van der Waals surface area (Å²) in [5.41, 5.74) is 7.76. The summed E-state index contributed by atoms with van der Waals surface area (Å²) >= 11 is 0. The van der Waals surface area contributed by atoms with Crippen LogP contribution in [0.4, 0.5) is 0 Å². The quantitative estimate of drug-likeness (QED) is 0.747. The molecule has 108 valence electrons. The summed E-state index contributed by atoms with van der Waals surface area (Å²) < 4.78 is 6.89. The van der Waals surface area contributed by atoms with Crippen molar-refractivity contribution in [3.8, 4) is 0 Å². The fourth-order valence-corrected chi connectivity index (χ4v) is 2.15. The lowest BCUT2D eigenvalue weighted by atomic mass is 10.1. The molecule has 0 unspecified atom stereocenters. The molecular weight excluding hydrogens is 254 g/mol. The van der Waals surface area contributed by atoms with Crippen LogP contribution in [0.25, 0.3) is 10.9 Å². The Labute approximate surface area is 118 Å². The van der Waals surface area contributed by atoms with Gasteiger partial charge in [-0.25, -0.2) is 0 Å². The highest BCUT2D eigenvalue weighted by Crippen LogP contribution is 2.17. The average Bonchev–Trinajstić information content (AvgIpc) is 2.86. The van der Waals surface area contributed by atoms with Crippen LogP contribution in [0.15, 0.2) is 30.5 Å². The number of aromatic nitrogens is 1. The van der Waals surface area contributed by atoms with Crippen molar-refractivity contribution in [3.63, 3.8) is 0 Å². The van der Waals surface area contributed by atoms with E-state index in [2.05, 4.69) is 5.32 Å². The van der Waals surface area contributed by atoms with E-state index in [1.54, 1.807) is 7.11 Å². The molecule has 1 amide bonds. The first-order valence-electron chi connectivity index (χ1n) is 6.78. The number of amides is 1. The van der Waals surface area contributed by atoms with Gasteiger partial charge in [-0.2, -0.15) is 0 Å². The molecule has 2 aromatic rings. The Balaban J connectivity index is 2.00. The lowest BCUT2D eigenvalue weighted by Gasteiger charge is -2.08. The molecule has 1 heterocycles. The van der Waals surface area contributed by atoms with Crippen molar-refractivity contribution < 1.29 is 9.53 Å². The molecule has 0 radical (unpaired) electrons. The van der Waals surface area contributed by atoms with Crippen molar-refractivity contribution in [2.75, 3.05) is 20.3 Å². The molecule has 0 aliphatic rings. The Morgan fingerprint density at radius 3 is 3.00 bits per heavy atom. The summed E-state index contributed by atoms with van der Waals surface area (Å²) in [5.74, 6) is 0.0109. The molecular formula is C15H21N3O2. The molecule has 0 saturated heterocycles.